The van der Waals surface area contributed by atoms with Gasteiger partial charge in [0, 0.05) is 18.7 Å². The van der Waals surface area contributed by atoms with Crippen molar-refractivity contribution in [3.8, 4) is 6.07 Å². The van der Waals surface area contributed by atoms with Gasteiger partial charge in [0.2, 0.25) is 5.91 Å². The number of hydrogen-bond acceptors (Lipinski definition) is 4. The zero-order chi connectivity index (χ0) is 20.6. The number of halogens is 6. The van der Waals surface area contributed by atoms with Crippen molar-refractivity contribution in [2.24, 2.45) is 0 Å². The van der Waals surface area contributed by atoms with Gasteiger partial charge < -0.3 is 5.32 Å². The topological polar surface area (TPSA) is 68.2 Å². The first-order valence-corrected chi connectivity index (χ1v) is 7.86. The van der Waals surface area contributed by atoms with E-state index in [0.717, 1.165) is 17.1 Å². The molecule has 1 amide bonds. The van der Waals surface area contributed by atoms with E-state index in [-0.39, 0.29) is 12.2 Å². The summed E-state index contributed by atoms with van der Waals surface area (Å²) in [6.07, 6.45) is -10.00. The Balaban J connectivity index is 2.30. The molecular weight excluding hydrogens is 378 g/mol. The maximum absolute atomic E-state index is 13.0. The van der Waals surface area contributed by atoms with E-state index in [1.54, 1.807) is 6.92 Å². The predicted octanol–water partition coefficient (Wildman–Crippen LogP) is 3.44. The van der Waals surface area contributed by atoms with Crippen molar-refractivity contribution in [3.63, 3.8) is 0 Å². The van der Waals surface area contributed by atoms with Gasteiger partial charge in [-0.3, -0.25) is 4.79 Å². The van der Waals surface area contributed by atoms with Crippen molar-refractivity contribution in [3.05, 3.63) is 29.3 Å². The number of nitriles is 1. The van der Waals surface area contributed by atoms with Gasteiger partial charge in [0.1, 0.15) is 11.6 Å². The van der Waals surface area contributed by atoms with Gasteiger partial charge in [-0.1, -0.05) is 6.92 Å². The first-order valence-electron chi connectivity index (χ1n) is 7.86. The Morgan fingerprint density at radius 1 is 1.37 bits per heavy atom. The second-order valence-electron chi connectivity index (χ2n) is 6.27. The summed E-state index contributed by atoms with van der Waals surface area (Å²) in [5, 5.41) is 12.1. The SMILES string of the molecule is CCN1NC(C(F)(F)F)CC1(C)C(=O)Nc1ccc(C#N)c(C(F)(F)F)c1. The smallest absolute Gasteiger partial charge is 0.324 e. The number of hydrogen-bond donors (Lipinski definition) is 2. The van der Waals surface area contributed by atoms with Crippen LogP contribution in [0, 0.1) is 11.3 Å². The van der Waals surface area contributed by atoms with Crippen LogP contribution in [0.5, 0.6) is 0 Å². The number of anilines is 1. The standard InChI is InChI=1S/C16H16F6N4O/c1-3-26-14(2,7-12(25-26)16(20,21)22)13(27)24-10-5-4-9(8-23)11(6-10)15(17,18)19/h4-6,12,25H,3,7H2,1-2H3,(H,24,27). The van der Waals surface area contributed by atoms with Crippen LogP contribution in [-0.2, 0) is 11.0 Å². The van der Waals surface area contributed by atoms with Crippen molar-refractivity contribution < 1.29 is 31.1 Å². The number of carbonyl (C=O) groups excluding carboxylic acids is 1. The second kappa shape index (κ2) is 7.01. The third-order valence-corrected chi connectivity index (χ3v) is 4.41. The predicted molar refractivity (Wildman–Crippen MR) is 83.2 cm³/mol. The molecule has 1 aromatic carbocycles. The average molecular weight is 394 g/mol. The minimum Gasteiger partial charge on any atom is -0.324 e. The Morgan fingerprint density at radius 3 is 2.48 bits per heavy atom. The number of hydrazine groups is 1. The summed E-state index contributed by atoms with van der Waals surface area (Å²) in [6.45, 7) is 2.89. The van der Waals surface area contributed by atoms with Crippen LogP contribution in [0.1, 0.15) is 31.4 Å². The number of alkyl halides is 6. The van der Waals surface area contributed by atoms with Gasteiger partial charge in [0.25, 0.3) is 0 Å². The molecule has 1 saturated heterocycles. The number of nitrogens with one attached hydrogen (secondary N) is 2. The lowest BCUT2D eigenvalue weighted by Gasteiger charge is -2.32. The molecule has 2 N–H and O–H groups in total. The van der Waals surface area contributed by atoms with Gasteiger partial charge in [-0.2, -0.15) is 31.6 Å². The van der Waals surface area contributed by atoms with Gasteiger partial charge >= 0.3 is 12.4 Å². The van der Waals surface area contributed by atoms with Crippen LogP contribution in [-0.4, -0.2) is 35.2 Å². The van der Waals surface area contributed by atoms with Gasteiger partial charge in [-0.25, -0.2) is 10.4 Å². The van der Waals surface area contributed by atoms with Crippen molar-refractivity contribution in [2.75, 3.05) is 11.9 Å². The lowest BCUT2D eigenvalue weighted by molar-refractivity contribution is -0.156. The van der Waals surface area contributed by atoms with E-state index in [9.17, 15) is 31.1 Å². The molecule has 0 aliphatic carbocycles. The van der Waals surface area contributed by atoms with Crippen LogP contribution < -0.4 is 10.7 Å². The van der Waals surface area contributed by atoms with Crippen molar-refractivity contribution in [1.29, 1.82) is 5.26 Å². The number of amides is 1. The van der Waals surface area contributed by atoms with Crippen LogP contribution in [0.2, 0.25) is 0 Å². The third-order valence-electron chi connectivity index (χ3n) is 4.41. The second-order valence-corrected chi connectivity index (χ2v) is 6.27. The molecule has 11 heteroatoms. The summed E-state index contributed by atoms with van der Waals surface area (Å²) in [6, 6.07) is 2.03. The molecule has 2 rings (SSSR count). The molecule has 148 valence electrons. The highest BCUT2D eigenvalue weighted by Crippen LogP contribution is 2.37. The lowest BCUT2D eigenvalue weighted by atomic mass is 9.93. The van der Waals surface area contributed by atoms with E-state index in [1.807, 2.05) is 0 Å². The number of benzene rings is 1. The molecular formula is C16H16F6N4O. The zero-order valence-corrected chi connectivity index (χ0v) is 14.3. The molecule has 0 aromatic heterocycles. The van der Waals surface area contributed by atoms with E-state index in [4.69, 9.17) is 5.26 Å². The van der Waals surface area contributed by atoms with Crippen molar-refractivity contribution >= 4 is 11.6 Å². The number of rotatable bonds is 3. The van der Waals surface area contributed by atoms with Gasteiger partial charge in [-0.15, -0.1) is 0 Å². The quantitative estimate of drug-likeness (QED) is 0.771. The molecule has 1 fully saturated rings. The highest BCUT2D eigenvalue weighted by Gasteiger charge is 2.55. The first kappa shape index (κ1) is 21.0. The zero-order valence-electron chi connectivity index (χ0n) is 14.3. The fraction of sp³-hybridized carbons (Fsp3) is 0.500. The summed E-state index contributed by atoms with van der Waals surface area (Å²) >= 11 is 0. The molecule has 1 aliphatic rings. The fourth-order valence-corrected chi connectivity index (χ4v) is 2.95. The first-order chi connectivity index (χ1) is 12.3. The molecule has 5 nitrogen and oxygen atoms in total. The molecule has 2 unspecified atom stereocenters. The minimum absolute atomic E-state index is 0.0671. The average Bonchev–Trinajstić information content (AvgIpc) is 2.92. The largest absolute Gasteiger partial charge is 0.417 e. The number of carbonyl (C=O) groups is 1. The molecule has 0 radical (unpaired) electrons. The summed E-state index contributed by atoms with van der Waals surface area (Å²) < 4.78 is 78.0. The Morgan fingerprint density at radius 2 is 2.00 bits per heavy atom. The molecule has 0 bridgehead atoms. The molecule has 0 saturated carbocycles. The Kier molecular flexibility index (Phi) is 5.45. The Labute approximate surface area is 150 Å². The van der Waals surface area contributed by atoms with E-state index in [1.165, 1.54) is 13.0 Å². The summed E-state index contributed by atoms with van der Waals surface area (Å²) in [5.41, 5.74) is -1.53. The lowest BCUT2D eigenvalue weighted by Crippen LogP contribution is -2.54. The van der Waals surface area contributed by atoms with Gasteiger partial charge in [-0.05, 0) is 25.1 Å². The van der Waals surface area contributed by atoms with E-state index in [2.05, 4.69) is 10.7 Å². The maximum Gasteiger partial charge on any atom is 0.417 e. The molecule has 2 atom stereocenters. The Hall–Kier alpha value is -2.32. The maximum atomic E-state index is 13.0. The summed E-state index contributed by atoms with van der Waals surface area (Å²) in [4.78, 5) is 12.6. The Bertz CT molecular complexity index is 770. The third kappa shape index (κ3) is 4.17. The monoisotopic (exact) mass is 394 g/mol. The molecule has 1 aromatic rings. The minimum atomic E-state index is -4.82. The van der Waals surface area contributed by atoms with Crippen LogP contribution in [0.15, 0.2) is 18.2 Å². The molecule has 1 aliphatic heterocycles. The van der Waals surface area contributed by atoms with Crippen molar-refractivity contribution in [1.82, 2.24) is 10.4 Å². The van der Waals surface area contributed by atoms with Gasteiger partial charge in [0.15, 0.2) is 0 Å². The molecule has 27 heavy (non-hydrogen) atoms. The van der Waals surface area contributed by atoms with Gasteiger partial charge in [0.05, 0.1) is 17.2 Å². The van der Waals surface area contributed by atoms with Crippen LogP contribution >= 0.6 is 0 Å². The summed E-state index contributed by atoms with van der Waals surface area (Å²) in [5.74, 6) is -0.888. The fourth-order valence-electron chi connectivity index (χ4n) is 2.95. The summed E-state index contributed by atoms with van der Waals surface area (Å²) in [7, 11) is 0. The normalized spacial score (nSPS) is 23.9. The van der Waals surface area contributed by atoms with E-state index < -0.39 is 47.4 Å². The highest BCUT2D eigenvalue weighted by atomic mass is 19.4. The van der Waals surface area contributed by atoms with E-state index in [0.29, 0.717) is 6.07 Å². The molecule has 0 spiro atoms. The molecule has 1 heterocycles. The number of nitrogens with zero attached hydrogens (tertiary/aromatic N) is 2. The van der Waals surface area contributed by atoms with Crippen LogP contribution in [0.25, 0.3) is 0 Å². The van der Waals surface area contributed by atoms with Crippen LogP contribution in [0.4, 0.5) is 32.0 Å². The number of likely N-dealkylation sites (N-methyl/N-ethyl adjacent to an activating group) is 1. The van der Waals surface area contributed by atoms with Crippen LogP contribution in [0.3, 0.4) is 0 Å². The van der Waals surface area contributed by atoms with Crippen molar-refractivity contribution in [2.45, 2.75) is 44.2 Å². The van der Waals surface area contributed by atoms with E-state index >= 15 is 0 Å². The highest BCUT2D eigenvalue weighted by molar-refractivity contribution is 5.98.